The molecule has 0 amide bonds. The van der Waals surface area contributed by atoms with Gasteiger partial charge in [0.1, 0.15) is 0 Å². The van der Waals surface area contributed by atoms with Crippen LogP contribution in [0.5, 0.6) is 0 Å². The molecule has 2 aliphatic heterocycles. The predicted molar refractivity (Wildman–Crippen MR) is 77.5 cm³/mol. The lowest BCUT2D eigenvalue weighted by Gasteiger charge is -2.34. The number of rotatable bonds is 7. The van der Waals surface area contributed by atoms with E-state index in [4.69, 9.17) is 9.47 Å². The maximum absolute atomic E-state index is 5.94. The zero-order valence-corrected chi connectivity index (χ0v) is 12.6. The van der Waals surface area contributed by atoms with Crippen molar-refractivity contribution < 1.29 is 9.47 Å². The lowest BCUT2D eigenvalue weighted by molar-refractivity contribution is 0.0219. The van der Waals surface area contributed by atoms with Crippen molar-refractivity contribution in [3.8, 4) is 0 Å². The number of hydrogen-bond donors (Lipinski definition) is 1. The molecule has 3 atom stereocenters. The van der Waals surface area contributed by atoms with Crippen LogP contribution in [0.1, 0.15) is 32.6 Å². The molecule has 0 aliphatic carbocycles. The van der Waals surface area contributed by atoms with E-state index >= 15 is 0 Å². The summed E-state index contributed by atoms with van der Waals surface area (Å²) in [6.07, 6.45) is 6.13. The van der Waals surface area contributed by atoms with E-state index in [-0.39, 0.29) is 0 Å². The Morgan fingerprint density at radius 2 is 2.21 bits per heavy atom. The maximum Gasteiger partial charge on any atom is 0.0706 e. The van der Waals surface area contributed by atoms with E-state index in [0.717, 1.165) is 32.2 Å². The van der Waals surface area contributed by atoms with Gasteiger partial charge in [0.25, 0.3) is 0 Å². The van der Waals surface area contributed by atoms with Crippen LogP contribution in [-0.4, -0.2) is 63.5 Å². The molecule has 0 aromatic rings. The van der Waals surface area contributed by atoms with Gasteiger partial charge in [-0.3, -0.25) is 0 Å². The molecule has 0 bridgehead atoms. The summed E-state index contributed by atoms with van der Waals surface area (Å²) in [6.45, 7) is 8.72. The molecule has 0 radical (unpaired) electrons. The number of nitrogens with zero attached hydrogens (tertiary/aromatic N) is 1. The number of ether oxygens (including phenoxy) is 2. The fourth-order valence-electron chi connectivity index (χ4n) is 3.27. The second kappa shape index (κ2) is 8.20. The van der Waals surface area contributed by atoms with Crippen LogP contribution in [0.2, 0.25) is 0 Å². The third-order valence-electron chi connectivity index (χ3n) is 4.30. The smallest absolute Gasteiger partial charge is 0.0706 e. The first-order valence-corrected chi connectivity index (χ1v) is 7.85. The van der Waals surface area contributed by atoms with E-state index in [2.05, 4.69) is 17.1 Å². The minimum absolute atomic E-state index is 0.473. The van der Waals surface area contributed by atoms with Crippen molar-refractivity contribution in [3.63, 3.8) is 0 Å². The normalized spacial score (nSPS) is 32.8. The Morgan fingerprint density at radius 3 is 2.95 bits per heavy atom. The van der Waals surface area contributed by atoms with Crippen molar-refractivity contribution in [2.45, 2.75) is 44.8 Å². The topological polar surface area (TPSA) is 33.7 Å². The first kappa shape index (κ1) is 15.2. The molecule has 2 fully saturated rings. The number of nitrogens with one attached hydrogen (secondary N) is 1. The number of piperidine rings is 1. The fraction of sp³-hybridized carbons (Fsp3) is 1.00. The first-order chi connectivity index (χ1) is 9.28. The van der Waals surface area contributed by atoms with Crippen molar-refractivity contribution >= 4 is 0 Å². The average Bonchev–Trinajstić information content (AvgIpc) is 2.81. The van der Waals surface area contributed by atoms with E-state index < -0.39 is 0 Å². The van der Waals surface area contributed by atoms with Crippen LogP contribution in [0.3, 0.4) is 0 Å². The van der Waals surface area contributed by atoms with Gasteiger partial charge in [0.2, 0.25) is 0 Å². The Kier molecular flexibility index (Phi) is 6.57. The molecular formula is C15H30N2O2. The molecule has 2 aliphatic rings. The van der Waals surface area contributed by atoms with Crippen LogP contribution in [0.15, 0.2) is 0 Å². The van der Waals surface area contributed by atoms with E-state index in [1.165, 1.54) is 38.8 Å². The Bertz CT molecular complexity index is 250. The van der Waals surface area contributed by atoms with E-state index in [1.54, 1.807) is 7.11 Å². The van der Waals surface area contributed by atoms with Crippen molar-refractivity contribution in [2.75, 3.05) is 46.4 Å². The molecule has 2 rings (SSSR count). The Morgan fingerprint density at radius 1 is 1.32 bits per heavy atom. The highest BCUT2D eigenvalue weighted by Gasteiger charge is 2.26. The van der Waals surface area contributed by atoms with Gasteiger partial charge < -0.3 is 19.7 Å². The summed E-state index contributed by atoms with van der Waals surface area (Å²) >= 11 is 0. The molecule has 0 saturated carbocycles. The molecule has 2 heterocycles. The lowest BCUT2D eigenvalue weighted by Crippen LogP contribution is -2.43. The van der Waals surface area contributed by atoms with Crippen LogP contribution in [0.4, 0.5) is 0 Å². The summed E-state index contributed by atoms with van der Waals surface area (Å²) < 4.78 is 11.0. The largest absolute Gasteiger partial charge is 0.383 e. The van der Waals surface area contributed by atoms with E-state index in [1.807, 2.05) is 0 Å². The highest BCUT2D eigenvalue weighted by atomic mass is 16.5. The number of methoxy groups -OCH3 is 1. The van der Waals surface area contributed by atoms with Crippen molar-refractivity contribution in [2.24, 2.45) is 5.92 Å². The molecule has 112 valence electrons. The van der Waals surface area contributed by atoms with E-state index in [9.17, 15) is 0 Å². The molecule has 4 heteroatoms. The van der Waals surface area contributed by atoms with Gasteiger partial charge in [0.05, 0.1) is 18.8 Å². The molecule has 3 unspecified atom stereocenters. The molecule has 19 heavy (non-hydrogen) atoms. The Balaban J connectivity index is 1.62. The minimum Gasteiger partial charge on any atom is -0.383 e. The van der Waals surface area contributed by atoms with Gasteiger partial charge in [0, 0.05) is 26.7 Å². The number of hydrogen-bond acceptors (Lipinski definition) is 4. The van der Waals surface area contributed by atoms with Gasteiger partial charge in [-0.25, -0.2) is 0 Å². The average molecular weight is 270 g/mol. The zero-order valence-electron chi connectivity index (χ0n) is 12.6. The van der Waals surface area contributed by atoms with Gasteiger partial charge in [0.15, 0.2) is 0 Å². The van der Waals surface area contributed by atoms with Crippen molar-refractivity contribution in [1.82, 2.24) is 10.2 Å². The molecule has 4 nitrogen and oxygen atoms in total. The molecular weight excluding hydrogens is 240 g/mol. The molecule has 0 aromatic carbocycles. The first-order valence-electron chi connectivity index (χ1n) is 7.85. The monoisotopic (exact) mass is 270 g/mol. The molecule has 1 N–H and O–H groups in total. The van der Waals surface area contributed by atoms with Crippen molar-refractivity contribution in [3.05, 3.63) is 0 Å². The van der Waals surface area contributed by atoms with Crippen LogP contribution in [0.25, 0.3) is 0 Å². The third-order valence-corrected chi connectivity index (χ3v) is 4.30. The van der Waals surface area contributed by atoms with Crippen LogP contribution >= 0.6 is 0 Å². The van der Waals surface area contributed by atoms with Crippen LogP contribution in [0, 0.1) is 5.92 Å². The van der Waals surface area contributed by atoms with E-state index in [0.29, 0.717) is 12.2 Å². The highest BCUT2D eigenvalue weighted by Crippen LogP contribution is 2.22. The summed E-state index contributed by atoms with van der Waals surface area (Å²) in [5.74, 6) is 0.796. The molecule has 2 saturated heterocycles. The lowest BCUT2D eigenvalue weighted by atomic mass is 9.97. The summed E-state index contributed by atoms with van der Waals surface area (Å²) in [5.41, 5.74) is 0. The third kappa shape index (κ3) is 5.38. The second-order valence-corrected chi connectivity index (χ2v) is 6.11. The minimum atomic E-state index is 0.473. The summed E-state index contributed by atoms with van der Waals surface area (Å²) in [5, 5.41) is 3.49. The van der Waals surface area contributed by atoms with Gasteiger partial charge in [-0.05, 0) is 51.6 Å². The van der Waals surface area contributed by atoms with Gasteiger partial charge >= 0.3 is 0 Å². The zero-order chi connectivity index (χ0) is 13.5. The predicted octanol–water partition coefficient (Wildman–Crippen LogP) is 1.50. The Labute approximate surface area is 117 Å². The summed E-state index contributed by atoms with van der Waals surface area (Å²) in [6, 6.07) is 0. The molecule has 0 aromatic heterocycles. The van der Waals surface area contributed by atoms with Gasteiger partial charge in [-0.15, -0.1) is 0 Å². The van der Waals surface area contributed by atoms with Gasteiger partial charge in [-0.2, -0.15) is 0 Å². The quantitative estimate of drug-likeness (QED) is 0.711. The summed E-state index contributed by atoms with van der Waals surface area (Å²) in [4.78, 5) is 2.61. The fourth-order valence-corrected chi connectivity index (χ4v) is 3.27. The SMILES string of the molecule is COCCNCC1CCCN(CC2CCC(C)O2)C1. The Hall–Kier alpha value is -0.160. The molecule has 0 spiro atoms. The number of likely N-dealkylation sites (tertiary alicyclic amines) is 1. The van der Waals surface area contributed by atoms with Gasteiger partial charge in [-0.1, -0.05) is 0 Å². The van der Waals surface area contributed by atoms with Crippen LogP contribution in [-0.2, 0) is 9.47 Å². The maximum atomic E-state index is 5.94. The second-order valence-electron chi connectivity index (χ2n) is 6.11. The van der Waals surface area contributed by atoms with Crippen molar-refractivity contribution in [1.29, 1.82) is 0 Å². The standard InChI is InChI=1S/C15H30N2O2/c1-13-5-6-15(19-13)12-17-8-3-4-14(11-17)10-16-7-9-18-2/h13-16H,3-12H2,1-2H3. The highest BCUT2D eigenvalue weighted by molar-refractivity contribution is 4.79. The summed E-state index contributed by atoms with van der Waals surface area (Å²) in [7, 11) is 1.76. The van der Waals surface area contributed by atoms with Crippen LogP contribution < -0.4 is 5.32 Å².